The van der Waals surface area contributed by atoms with Crippen molar-refractivity contribution in [2.75, 3.05) is 0 Å². The molecule has 0 saturated carbocycles. The van der Waals surface area contributed by atoms with E-state index in [-0.39, 0.29) is 17.7 Å². The molecule has 1 aromatic rings. The first-order valence-electron chi connectivity index (χ1n) is 6.58. The van der Waals surface area contributed by atoms with E-state index in [9.17, 15) is 9.59 Å². The lowest BCUT2D eigenvalue weighted by Crippen LogP contribution is -2.34. The quantitative estimate of drug-likeness (QED) is 0.762. The van der Waals surface area contributed by atoms with Gasteiger partial charge < -0.3 is 4.74 Å². The lowest BCUT2D eigenvalue weighted by Gasteiger charge is -2.33. The van der Waals surface area contributed by atoms with Gasteiger partial charge in [0.25, 0.3) is 0 Å². The van der Waals surface area contributed by atoms with Crippen molar-refractivity contribution in [1.82, 2.24) is 0 Å². The molecule has 0 unspecified atom stereocenters. The van der Waals surface area contributed by atoms with Gasteiger partial charge in [-0.25, -0.2) is 4.79 Å². The maximum absolute atomic E-state index is 11.7. The Morgan fingerprint density at radius 3 is 2.53 bits per heavy atom. The molecular formula is C16H18O3. The zero-order chi connectivity index (χ0) is 13.9. The number of cyclic esters (lactones) is 1. The SMILES string of the molecule is CCC(=O)C[C@@H](C)[C@]1(c2ccccc2)C=CC(=O)O1. The maximum Gasteiger partial charge on any atom is 0.331 e. The zero-order valence-corrected chi connectivity index (χ0v) is 11.3. The van der Waals surface area contributed by atoms with Crippen LogP contribution in [0.2, 0.25) is 0 Å². The van der Waals surface area contributed by atoms with Gasteiger partial charge >= 0.3 is 5.97 Å². The van der Waals surface area contributed by atoms with Gasteiger partial charge in [0.2, 0.25) is 0 Å². The summed E-state index contributed by atoms with van der Waals surface area (Å²) < 4.78 is 5.54. The van der Waals surface area contributed by atoms with E-state index in [1.54, 1.807) is 6.08 Å². The van der Waals surface area contributed by atoms with Gasteiger partial charge in [0, 0.05) is 24.8 Å². The number of hydrogen-bond acceptors (Lipinski definition) is 3. The van der Waals surface area contributed by atoms with Crippen molar-refractivity contribution in [2.24, 2.45) is 5.92 Å². The molecule has 0 bridgehead atoms. The highest BCUT2D eigenvalue weighted by Crippen LogP contribution is 2.40. The van der Waals surface area contributed by atoms with Crippen molar-refractivity contribution in [3.8, 4) is 0 Å². The fraction of sp³-hybridized carbons (Fsp3) is 0.375. The Kier molecular flexibility index (Phi) is 3.84. The van der Waals surface area contributed by atoms with Crippen molar-refractivity contribution in [3.05, 3.63) is 48.0 Å². The predicted molar refractivity (Wildman–Crippen MR) is 72.4 cm³/mol. The number of esters is 1. The average Bonchev–Trinajstić information content (AvgIpc) is 2.83. The largest absolute Gasteiger partial charge is 0.446 e. The summed E-state index contributed by atoms with van der Waals surface area (Å²) >= 11 is 0. The molecule has 0 radical (unpaired) electrons. The van der Waals surface area contributed by atoms with Crippen LogP contribution in [0.5, 0.6) is 0 Å². The van der Waals surface area contributed by atoms with Crippen LogP contribution in [0, 0.1) is 5.92 Å². The van der Waals surface area contributed by atoms with Crippen LogP contribution in [-0.4, -0.2) is 11.8 Å². The monoisotopic (exact) mass is 258 g/mol. The van der Waals surface area contributed by atoms with Crippen LogP contribution in [0.1, 0.15) is 32.3 Å². The van der Waals surface area contributed by atoms with Crippen molar-refractivity contribution < 1.29 is 14.3 Å². The number of benzene rings is 1. The van der Waals surface area contributed by atoms with Crippen molar-refractivity contribution in [1.29, 1.82) is 0 Å². The van der Waals surface area contributed by atoms with E-state index in [1.807, 2.05) is 44.2 Å². The van der Waals surface area contributed by atoms with Gasteiger partial charge in [-0.2, -0.15) is 0 Å². The Morgan fingerprint density at radius 2 is 2.00 bits per heavy atom. The molecule has 0 amide bonds. The van der Waals surface area contributed by atoms with E-state index in [0.717, 1.165) is 5.56 Å². The Balaban J connectivity index is 2.34. The summed E-state index contributed by atoms with van der Waals surface area (Å²) in [6, 6.07) is 9.59. The summed E-state index contributed by atoms with van der Waals surface area (Å²) in [6.45, 7) is 3.80. The number of ether oxygens (including phenoxy) is 1. The van der Waals surface area contributed by atoms with Crippen LogP contribution in [0.4, 0.5) is 0 Å². The van der Waals surface area contributed by atoms with Gasteiger partial charge in [0.15, 0.2) is 5.60 Å². The van der Waals surface area contributed by atoms with Gasteiger partial charge in [-0.3, -0.25) is 4.79 Å². The van der Waals surface area contributed by atoms with Crippen LogP contribution < -0.4 is 0 Å². The van der Waals surface area contributed by atoms with E-state index in [2.05, 4.69) is 0 Å². The molecule has 1 aromatic carbocycles. The van der Waals surface area contributed by atoms with Crippen molar-refractivity contribution in [2.45, 2.75) is 32.3 Å². The van der Waals surface area contributed by atoms with Crippen LogP contribution >= 0.6 is 0 Å². The normalized spacial score (nSPS) is 23.2. The Hall–Kier alpha value is -1.90. The summed E-state index contributed by atoms with van der Waals surface area (Å²) in [5.41, 5.74) is 0.108. The number of ketones is 1. The van der Waals surface area contributed by atoms with Crippen LogP contribution in [0.15, 0.2) is 42.5 Å². The lowest BCUT2D eigenvalue weighted by molar-refractivity contribution is -0.151. The molecule has 3 nitrogen and oxygen atoms in total. The molecule has 0 aromatic heterocycles. The summed E-state index contributed by atoms with van der Waals surface area (Å²) in [5.74, 6) is -0.246. The van der Waals surface area contributed by atoms with E-state index in [0.29, 0.717) is 12.8 Å². The molecular weight excluding hydrogens is 240 g/mol. The van der Waals surface area contributed by atoms with E-state index in [4.69, 9.17) is 4.74 Å². The molecule has 0 aliphatic carbocycles. The first-order chi connectivity index (χ1) is 9.08. The fourth-order valence-corrected chi connectivity index (χ4v) is 2.47. The van der Waals surface area contributed by atoms with E-state index >= 15 is 0 Å². The molecule has 1 aliphatic heterocycles. The smallest absolute Gasteiger partial charge is 0.331 e. The van der Waals surface area contributed by atoms with Crippen LogP contribution in [0.25, 0.3) is 0 Å². The van der Waals surface area contributed by atoms with E-state index in [1.165, 1.54) is 6.08 Å². The first kappa shape index (κ1) is 13.5. The van der Waals surface area contributed by atoms with Gasteiger partial charge in [-0.1, -0.05) is 44.2 Å². The summed E-state index contributed by atoms with van der Waals surface area (Å²) in [4.78, 5) is 23.2. The summed E-state index contributed by atoms with van der Waals surface area (Å²) in [5, 5.41) is 0. The van der Waals surface area contributed by atoms with Gasteiger partial charge in [-0.05, 0) is 11.6 Å². The molecule has 0 fully saturated rings. The highest BCUT2D eigenvalue weighted by molar-refractivity contribution is 5.86. The van der Waals surface area contributed by atoms with Gasteiger partial charge in [0.1, 0.15) is 5.78 Å². The highest BCUT2D eigenvalue weighted by atomic mass is 16.6. The molecule has 19 heavy (non-hydrogen) atoms. The number of Topliss-reactive ketones (excluding diaryl/α,β-unsaturated/α-hetero) is 1. The summed E-state index contributed by atoms with van der Waals surface area (Å²) in [6.07, 6.45) is 4.13. The van der Waals surface area contributed by atoms with Gasteiger partial charge in [0.05, 0.1) is 0 Å². The number of carbonyl (C=O) groups excluding carboxylic acids is 2. The molecule has 3 heteroatoms. The number of hydrogen-bond donors (Lipinski definition) is 0. The predicted octanol–water partition coefficient (Wildman–Crippen LogP) is 3.00. The summed E-state index contributed by atoms with van der Waals surface area (Å²) in [7, 11) is 0. The maximum atomic E-state index is 11.7. The lowest BCUT2D eigenvalue weighted by atomic mass is 9.79. The Morgan fingerprint density at radius 1 is 1.32 bits per heavy atom. The van der Waals surface area contributed by atoms with Crippen molar-refractivity contribution >= 4 is 11.8 Å². The minimum Gasteiger partial charge on any atom is -0.446 e. The molecule has 2 atom stereocenters. The Bertz CT molecular complexity index is 504. The van der Waals surface area contributed by atoms with E-state index < -0.39 is 5.60 Å². The molecule has 2 rings (SSSR count). The molecule has 1 aliphatic rings. The third kappa shape index (κ3) is 2.60. The first-order valence-corrected chi connectivity index (χ1v) is 6.58. The highest BCUT2D eigenvalue weighted by Gasteiger charge is 2.43. The molecule has 100 valence electrons. The third-order valence-electron chi connectivity index (χ3n) is 3.62. The Labute approximate surface area is 113 Å². The van der Waals surface area contributed by atoms with Gasteiger partial charge in [-0.15, -0.1) is 0 Å². The topological polar surface area (TPSA) is 43.4 Å². The van der Waals surface area contributed by atoms with Crippen molar-refractivity contribution in [3.63, 3.8) is 0 Å². The third-order valence-corrected chi connectivity index (χ3v) is 3.62. The second-order valence-electron chi connectivity index (χ2n) is 4.91. The molecule has 0 saturated heterocycles. The second kappa shape index (κ2) is 5.39. The second-order valence-corrected chi connectivity index (χ2v) is 4.91. The average molecular weight is 258 g/mol. The van der Waals surface area contributed by atoms with Crippen LogP contribution in [-0.2, 0) is 19.9 Å². The fourth-order valence-electron chi connectivity index (χ4n) is 2.47. The van der Waals surface area contributed by atoms with Crippen LogP contribution in [0.3, 0.4) is 0 Å². The molecule has 1 heterocycles. The number of carbonyl (C=O) groups is 2. The molecule has 0 spiro atoms. The zero-order valence-electron chi connectivity index (χ0n) is 11.3. The molecule has 0 N–H and O–H groups in total. The number of rotatable bonds is 5. The standard InChI is InChI=1S/C16H18O3/c1-3-14(17)11-12(2)16(10-9-15(18)19-16)13-7-5-4-6-8-13/h4-10,12H,3,11H2,1-2H3/t12-,16+/m1/s1. The minimum atomic E-state index is -0.802. The minimum absolute atomic E-state index is 0.0787.